The number of hydrogen-bond acceptors (Lipinski definition) is 3. The van der Waals surface area contributed by atoms with Crippen molar-refractivity contribution in [3.05, 3.63) is 0 Å². The summed E-state index contributed by atoms with van der Waals surface area (Å²) in [6.45, 7) is 0. The predicted molar refractivity (Wildman–Crippen MR) is 12.4 cm³/mol. The quantitative estimate of drug-likeness (QED) is 0.436. The van der Waals surface area contributed by atoms with E-state index < -0.39 is 7.32 Å². The van der Waals surface area contributed by atoms with Crippen LogP contribution in [-0.4, -0.2) is 22.4 Å². The Labute approximate surface area is 43.2 Å². The minimum absolute atomic E-state index is 0. The summed E-state index contributed by atoms with van der Waals surface area (Å²) in [5.41, 5.74) is 0. The zero-order chi connectivity index (χ0) is 3.58. The van der Waals surface area contributed by atoms with Gasteiger partial charge < -0.3 is 15.1 Å². The first-order valence-electron chi connectivity index (χ1n) is 0.775. The van der Waals surface area contributed by atoms with Gasteiger partial charge >= 0.3 is 27.4 Å². The van der Waals surface area contributed by atoms with E-state index in [4.69, 9.17) is 15.1 Å². The van der Waals surface area contributed by atoms with Gasteiger partial charge in [-0.2, -0.15) is 0 Å². The molecule has 0 atom stereocenters. The summed E-state index contributed by atoms with van der Waals surface area (Å²) < 4.78 is 0. The Balaban J connectivity index is 0. The van der Waals surface area contributed by atoms with Crippen LogP contribution in [0.1, 0.15) is 0 Å². The monoisotopic (exact) mass is 255 g/mol. The Morgan fingerprint density at radius 1 is 1.00 bits per heavy atom. The van der Waals surface area contributed by atoms with Crippen molar-refractivity contribution in [1.29, 1.82) is 0 Å². The second kappa shape index (κ2) is 4.59. The van der Waals surface area contributed by atoms with Gasteiger partial charge in [-0.3, -0.25) is 0 Å². The van der Waals surface area contributed by atoms with Crippen LogP contribution in [0.3, 0.4) is 0 Å². The van der Waals surface area contributed by atoms with Crippen molar-refractivity contribution in [1.82, 2.24) is 0 Å². The first-order chi connectivity index (χ1) is 1.73. The van der Waals surface area contributed by atoms with Gasteiger partial charge in [-0.15, -0.1) is 0 Å². The van der Waals surface area contributed by atoms with Crippen LogP contribution < -0.4 is 0 Å². The maximum Gasteiger partial charge on any atom is 3.00 e. The average Bonchev–Trinajstić information content (AvgIpc) is 0.811. The van der Waals surface area contributed by atoms with Crippen LogP contribution in [0.25, 0.3) is 0 Å². The van der Waals surface area contributed by atoms with E-state index in [9.17, 15) is 0 Å². The summed E-state index contributed by atoms with van der Waals surface area (Å²) in [5.74, 6) is 0. The third-order valence-electron chi connectivity index (χ3n) is 0. The molecule has 0 radical (unpaired) electrons. The molecule has 0 saturated carbocycles. The van der Waals surface area contributed by atoms with Gasteiger partial charge in [-0.1, -0.05) is 0 Å². The van der Waals surface area contributed by atoms with E-state index in [0.29, 0.717) is 0 Å². The van der Waals surface area contributed by atoms with Gasteiger partial charge in [0.2, 0.25) is 0 Å². The third kappa shape index (κ3) is 87.6. The van der Waals surface area contributed by atoms with Crippen molar-refractivity contribution in [2.45, 2.75) is 0 Å². The maximum absolute atomic E-state index is 7.17. The van der Waals surface area contributed by atoms with E-state index in [1.165, 1.54) is 0 Å². The van der Waals surface area contributed by atoms with Crippen LogP contribution >= 0.6 is 0 Å². The van der Waals surface area contributed by atoms with Crippen LogP contribution in [0.5, 0.6) is 0 Å². The van der Waals surface area contributed by atoms with Crippen molar-refractivity contribution < 1.29 is 35.2 Å². The van der Waals surface area contributed by atoms with Crippen LogP contribution in [0, 0.1) is 0 Å². The molecule has 0 rings (SSSR count). The van der Waals surface area contributed by atoms with Gasteiger partial charge in [-0.05, 0) is 0 Å². The molecule has 0 aliphatic carbocycles. The van der Waals surface area contributed by atoms with E-state index in [1.54, 1.807) is 0 Å². The normalized spacial score (nSPS) is 5.40. The predicted octanol–water partition coefficient (Wildman–Crippen LogP) is -2.05. The smallest absolute Gasteiger partial charge is 0.402 e. The first kappa shape index (κ1) is 9.14. The average molecular weight is 254 g/mol. The molecule has 0 fully saturated rings. The molecule has 0 aromatic carbocycles. The Morgan fingerprint density at radius 2 is 1.00 bits per heavy atom. The van der Waals surface area contributed by atoms with Crippen LogP contribution in [0.2, 0.25) is 0 Å². The van der Waals surface area contributed by atoms with E-state index >= 15 is 0 Å². The molecule has 0 aromatic rings. The zero-order valence-electron chi connectivity index (χ0n) is 2.25. The SMILES string of the molecule is OB(O)O.[Ir+3]. The molecule has 0 aliphatic rings. The number of hydrogen-bond donors (Lipinski definition) is 3. The fraction of sp³-hybridized carbons (Fsp3) is 0. The maximum atomic E-state index is 7.17. The van der Waals surface area contributed by atoms with Gasteiger partial charge in [-0.25, -0.2) is 0 Å². The van der Waals surface area contributed by atoms with E-state index in [0.717, 1.165) is 0 Å². The molecule has 30 valence electrons. The fourth-order valence-corrected chi connectivity index (χ4v) is 0. The minimum atomic E-state index is -2.17. The molecule has 0 aliphatic heterocycles. The molecule has 0 aromatic heterocycles. The van der Waals surface area contributed by atoms with Crippen molar-refractivity contribution in [3.8, 4) is 0 Å². The van der Waals surface area contributed by atoms with Gasteiger partial charge in [0, 0.05) is 0 Å². The Hall–Kier alpha value is 0.594. The van der Waals surface area contributed by atoms with Gasteiger partial charge in [0.1, 0.15) is 0 Å². The third-order valence-corrected chi connectivity index (χ3v) is 0. The molecule has 5 heteroatoms. The standard InChI is InChI=1S/BH3O3.Ir/c2-1(3)4;/h2-4H;/q;+3. The molecule has 5 heavy (non-hydrogen) atoms. The number of rotatable bonds is 0. The van der Waals surface area contributed by atoms with Crippen LogP contribution in [-0.2, 0) is 20.1 Å². The van der Waals surface area contributed by atoms with Crippen molar-refractivity contribution in [2.75, 3.05) is 0 Å². The summed E-state index contributed by atoms with van der Waals surface area (Å²) in [6.07, 6.45) is 0. The van der Waals surface area contributed by atoms with E-state index in [2.05, 4.69) is 0 Å². The molecule has 0 heterocycles. The molecular formula is H3BIrO3+3. The van der Waals surface area contributed by atoms with Crippen LogP contribution in [0.15, 0.2) is 0 Å². The summed E-state index contributed by atoms with van der Waals surface area (Å²) in [7, 11) is -2.17. The van der Waals surface area contributed by atoms with E-state index in [1.807, 2.05) is 0 Å². The molecule has 3 N–H and O–H groups in total. The largest absolute Gasteiger partial charge is 3.00 e. The fourth-order valence-electron chi connectivity index (χ4n) is 0. The van der Waals surface area contributed by atoms with E-state index in [-0.39, 0.29) is 20.1 Å². The summed E-state index contributed by atoms with van der Waals surface area (Å²) in [6, 6.07) is 0. The Morgan fingerprint density at radius 3 is 1.00 bits per heavy atom. The van der Waals surface area contributed by atoms with Crippen LogP contribution in [0.4, 0.5) is 0 Å². The summed E-state index contributed by atoms with van der Waals surface area (Å²) >= 11 is 0. The van der Waals surface area contributed by atoms with Gasteiger partial charge in [0.15, 0.2) is 0 Å². The molecule has 0 spiro atoms. The van der Waals surface area contributed by atoms with Crippen molar-refractivity contribution >= 4 is 7.32 Å². The second-order valence-corrected chi connectivity index (χ2v) is 0.346. The Kier molecular flexibility index (Phi) is 8.40. The molecule has 0 bridgehead atoms. The zero-order valence-corrected chi connectivity index (χ0v) is 4.65. The van der Waals surface area contributed by atoms with Gasteiger partial charge in [0.25, 0.3) is 0 Å². The molecule has 0 unspecified atom stereocenters. The molecule has 0 amide bonds. The molecule has 3 nitrogen and oxygen atoms in total. The Bertz CT molecular complexity index is 11.6. The topological polar surface area (TPSA) is 60.7 Å². The first-order valence-corrected chi connectivity index (χ1v) is 0.775. The summed E-state index contributed by atoms with van der Waals surface area (Å²) in [4.78, 5) is 0. The van der Waals surface area contributed by atoms with Crippen molar-refractivity contribution in [2.24, 2.45) is 0 Å². The minimum Gasteiger partial charge on any atom is -0.402 e. The van der Waals surface area contributed by atoms with Crippen molar-refractivity contribution in [3.63, 3.8) is 0 Å². The molecule has 0 saturated heterocycles. The second-order valence-electron chi connectivity index (χ2n) is 0.346. The van der Waals surface area contributed by atoms with Gasteiger partial charge in [0.05, 0.1) is 0 Å². The summed E-state index contributed by atoms with van der Waals surface area (Å²) in [5, 5.41) is 21.5. The molecular weight excluding hydrogens is 251 g/mol.